The van der Waals surface area contributed by atoms with Gasteiger partial charge in [0.1, 0.15) is 17.7 Å². The molecule has 1 aromatic rings. The fraction of sp³-hybridized carbons (Fsp3) is 0.625. The lowest BCUT2D eigenvalue weighted by molar-refractivity contribution is 0.0171. The molecule has 2 fully saturated rings. The summed E-state index contributed by atoms with van der Waals surface area (Å²) in [6.45, 7) is 0.901. The lowest BCUT2D eigenvalue weighted by atomic mass is 9.99. The summed E-state index contributed by atoms with van der Waals surface area (Å²) in [5.41, 5.74) is 0.986. The second-order valence-electron chi connectivity index (χ2n) is 6.40. The standard InChI is InChI=1S/C16H20FNO2/c17-11-1-4-16-10(5-11)6-15(20-16)9-18-12-2-3-13(18)8-14(19)7-12/h1,4-5,12-15,19H,2-3,6-9H2. The summed E-state index contributed by atoms with van der Waals surface area (Å²) >= 11 is 0. The van der Waals surface area contributed by atoms with Gasteiger partial charge in [-0.15, -0.1) is 0 Å². The maximum atomic E-state index is 13.2. The Kier molecular flexibility index (Phi) is 2.97. The molecule has 3 nitrogen and oxygen atoms in total. The Morgan fingerprint density at radius 1 is 1.25 bits per heavy atom. The minimum atomic E-state index is -0.186. The van der Waals surface area contributed by atoms with E-state index in [1.807, 2.05) is 0 Å². The molecule has 0 amide bonds. The minimum absolute atomic E-state index is 0.125. The van der Waals surface area contributed by atoms with Gasteiger partial charge >= 0.3 is 0 Å². The van der Waals surface area contributed by atoms with Gasteiger partial charge in [-0.05, 0) is 43.9 Å². The maximum absolute atomic E-state index is 13.2. The number of hydrogen-bond donors (Lipinski definition) is 1. The molecule has 3 unspecified atom stereocenters. The first-order valence-corrected chi connectivity index (χ1v) is 7.58. The quantitative estimate of drug-likeness (QED) is 0.899. The van der Waals surface area contributed by atoms with Gasteiger partial charge < -0.3 is 9.84 Å². The van der Waals surface area contributed by atoms with Gasteiger partial charge in [0.15, 0.2) is 0 Å². The number of nitrogens with zero attached hydrogens (tertiary/aromatic N) is 1. The van der Waals surface area contributed by atoms with Crippen LogP contribution in [0.25, 0.3) is 0 Å². The molecule has 3 aliphatic rings. The summed E-state index contributed by atoms with van der Waals surface area (Å²) in [7, 11) is 0. The van der Waals surface area contributed by atoms with Crippen molar-refractivity contribution in [2.75, 3.05) is 6.54 Å². The van der Waals surface area contributed by atoms with Crippen molar-refractivity contribution in [3.05, 3.63) is 29.6 Å². The van der Waals surface area contributed by atoms with Crippen LogP contribution < -0.4 is 4.74 Å². The number of ether oxygens (including phenoxy) is 1. The number of hydrogen-bond acceptors (Lipinski definition) is 3. The third-order valence-electron chi connectivity index (χ3n) is 5.04. The van der Waals surface area contributed by atoms with Crippen molar-refractivity contribution in [1.82, 2.24) is 4.90 Å². The summed E-state index contributed by atoms with van der Waals surface area (Å²) < 4.78 is 19.2. The highest BCUT2D eigenvalue weighted by Crippen LogP contribution is 2.37. The molecule has 3 heterocycles. The Hall–Kier alpha value is -1.13. The smallest absolute Gasteiger partial charge is 0.123 e. The molecule has 0 radical (unpaired) electrons. The van der Waals surface area contributed by atoms with Crippen LogP contribution in [0.4, 0.5) is 4.39 Å². The molecule has 108 valence electrons. The molecule has 0 aliphatic carbocycles. The zero-order valence-electron chi connectivity index (χ0n) is 11.5. The minimum Gasteiger partial charge on any atom is -0.488 e. The molecule has 20 heavy (non-hydrogen) atoms. The van der Waals surface area contributed by atoms with Crippen LogP contribution >= 0.6 is 0 Å². The molecule has 4 rings (SSSR count). The molecular formula is C16H20FNO2. The lowest BCUT2D eigenvalue weighted by Crippen LogP contribution is -2.48. The van der Waals surface area contributed by atoms with Crippen molar-refractivity contribution in [1.29, 1.82) is 0 Å². The molecule has 4 heteroatoms. The molecule has 3 atom stereocenters. The van der Waals surface area contributed by atoms with Crippen molar-refractivity contribution in [3.8, 4) is 5.75 Å². The average Bonchev–Trinajstić information content (AvgIpc) is 2.89. The Morgan fingerprint density at radius 3 is 2.75 bits per heavy atom. The second kappa shape index (κ2) is 4.71. The van der Waals surface area contributed by atoms with Gasteiger partial charge in [0, 0.05) is 30.6 Å². The largest absolute Gasteiger partial charge is 0.488 e. The van der Waals surface area contributed by atoms with Crippen LogP contribution in [0.5, 0.6) is 5.75 Å². The van der Waals surface area contributed by atoms with Crippen LogP contribution in [0.1, 0.15) is 31.2 Å². The fourth-order valence-electron chi connectivity index (χ4n) is 4.17. The summed E-state index contributed by atoms with van der Waals surface area (Å²) in [5, 5.41) is 9.84. The van der Waals surface area contributed by atoms with Crippen molar-refractivity contribution in [2.45, 2.75) is 56.4 Å². The number of benzene rings is 1. The van der Waals surface area contributed by atoms with Gasteiger partial charge in [0.2, 0.25) is 0 Å². The fourth-order valence-corrected chi connectivity index (χ4v) is 4.17. The highest BCUT2D eigenvalue weighted by Gasteiger charge is 2.41. The molecular weight excluding hydrogens is 257 g/mol. The van der Waals surface area contributed by atoms with E-state index in [0.29, 0.717) is 12.1 Å². The van der Waals surface area contributed by atoms with E-state index in [9.17, 15) is 9.50 Å². The number of aliphatic hydroxyl groups excluding tert-OH is 1. The van der Waals surface area contributed by atoms with Crippen LogP contribution in [0.3, 0.4) is 0 Å². The third-order valence-corrected chi connectivity index (χ3v) is 5.04. The van der Waals surface area contributed by atoms with E-state index in [1.165, 1.54) is 18.9 Å². The summed E-state index contributed by atoms with van der Waals surface area (Å²) in [5.74, 6) is 0.648. The Morgan fingerprint density at radius 2 is 2.00 bits per heavy atom. The van der Waals surface area contributed by atoms with E-state index >= 15 is 0 Å². The predicted molar refractivity (Wildman–Crippen MR) is 73.3 cm³/mol. The average molecular weight is 277 g/mol. The van der Waals surface area contributed by atoms with Crippen LogP contribution in [0.15, 0.2) is 18.2 Å². The van der Waals surface area contributed by atoms with Crippen LogP contribution in [-0.4, -0.2) is 40.8 Å². The number of aliphatic hydroxyl groups is 1. The van der Waals surface area contributed by atoms with Gasteiger partial charge in [-0.2, -0.15) is 0 Å². The Labute approximate surface area is 118 Å². The molecule has 0 saturated carbocycles. The van der Waals surface area contributed by atoms with E-state index in [4.69, 9.17) is 4.74 Å². The zero-order valence-corrected chi connectivity index (χ0v) is 11.5. The third kappa shape index (κ3) is 2.11. The molecule has 0 spiro atoms. The van der Waals surface area contributed by atoms with E-state index in [2.05, 4.69) is 4.90 Å². The van der Waals surface area contributed by atoms with Crippen molar-refractivity contribution >= 4 is 0 Å². The number of halogens is 1. The Bertz CT molecular complexity index is 507. The van der Waals surface area contributed by atoms with E-state index in [0.717, 1.165) is 37.1 Å². The van der Waals surface area contributed by atoms with E-state index in [-0.39, 0.29) is 18.0 Å². The maximum Gasteiger partial charge on any atom is 0.123 e. The van der Waals surface area contributed by atoms with Crippen LogP contribution in [0, 0.1) is 5.82 Å². The molecule has 2 bridgehead atoms. The molecule has 3 aliphatic heterocycles. The highest BCUT2D eigenvalue weighted by molar-refractivity contribution is 5.38. The first kappa shape index (κ1) is 12.6. The number of rotatable bonds is 2. The summed E-state index contributed by atoms with van der Waals surface area (Å²) in [4.78, 5) is 2.51. The van der Waals surface area contributed by atoms with Gasteiger partial charge in [0.05, 0.1) is 6.10 Å². The topological polar surface area (TPSA) is 32.7 Å². The Balaban J connectivity index is 1.44. The molecule has 1 N–H and O–H groups in total. The summed E-state index contributed by atoms with van der Waals surface area (Å²) in [6, 6.07) is 5.80. The zero-order chi connectivity index (χ0) is 13.7. The normalized spacial score (nSPS) is 35.9. The van der Waals surface area contributed by atoms with E-state index in [1.54, 1.807) is 12.1 Å². The predicted octanol–water partition coefficient (Wildman–Crippen LogP) is 2.12. The van der Waals surface area contributed by atoms with Crippen LogP contribution in [0.2, 0.25) is 0 Å². The van der Waals surface area contributed by atoms with Gasteiger partial charge in [-0.3, -0.25) is 4.90 Å². The number of fused-ring (bicyclic) bond motifs is 3. The SMILES string of the molecule is OC1CC2CCC(C1)N2CC1Cc2cc(F)ccc2O1. The second-order valence-corrected chi connectivity index (χ2v) is 6.40. The lowest BCUT2D eigenvalue weighted by Gasteiger charge is -2.38. The molecule has 2 saturated heterocycles. The van der Waals surface area contributed by atoms with Gasteiger partial charge in [-0.1, -0.05) is 0 Å². The first-order chi connectivity index (χ1) is 9.69. The van der Waals surface area contributed by atoms with Crippen LogP contribution in [-0.2, 0) is 6.42 Å². The highest BCUT2D eigenvalue weighted by atomic mass is 19.1. The van der Waals surface area contributed by atoms with Crippen molar-refractivity contribution in [3.63, 3.8) is 0 Å². The monoisotopic (exact) mass is 277 g/mol. The van der Waals surface area contributed by atoms with E-state index < -0.39 is 0 Å². The van der Waals surface area contributed by atoms with Gasteiger partial charge in [0.25, 0.3) is 0 Å². The van der Waals surface area contributed by atoms with Gasteiger partial charge in [-0.25, -0.2) is 4.39 Å². The first-order valence-electron chi connectivity index (χ1n) is 7.58. The molecule has 1 aromatic carbocycles. The van der Waals surface area contributed by atoms with Crippen molar-refractivity contribution < 1.29 is 14.2 Å². The summed E-state index contributed by atoms with van der Waals surface area (Å²) in [6.07, 6.45) is 4.97. The van der Waals surface area contributed by atoms with Crippen molar-refractivity contribution in [2.24, 2.45) is 0 Å². The molecule has 0 aromatic heterocycles. The number of piperidine rings is 1.